The third kappa shape index (κ3) is 2.80. The second kappa shape index (κ2) is 6.20. The maximum atomic E-state index is 12.5. The van der Waals surface area contributed by atoms with Gasteiger partial charge in [-0.3, -0.25) is 4.79 Å². The standard InChI is InChI=1S/C15H16N2O3/c1-20-15(19)13-4-2-3-9-17(13)14(18)12-7-5-11(10-16)6-8-12/h5-8,13H,2-4,9H2,1H3/t13-/m1/s1. The largest absolute Gasteiger partial charge is 0.467 e. The van der Waals surface area contributed by atoms with Crippen molar-refractivity contribution in [1.82, 2.24) is 4.90 Å². The molecule has 1 heterocycles. The van der Waals surface area contributed by atoms with Gasteiger partial charge < -0.3 is 9.64 Å². The molecule has 104 valence electrons. The summed E-state index contributed by atoms with van der Waals surface area (Å²) in [6.07, 6.45) is 2.43. The molecular formula is C15H16N2O3. The van der Waals surface area contributed by atoms with Crippen LogP contribution in [0.1, 0.15) is 35.2 Å². The van der Waals surface area contributed by atoms with Gasteiger partial charge in [0.05, 0.1) is 18.7 Å². The number of esters is 1. The SMILES string of the molecule is COC(=O)[C@H]1CCCCN1C(=O)c1ccc(C#N)cc1. The van der Waals surface area contributed by atoms with Gasteiger partial charge in [-0.15, -0.1) is 0 Å². The van der Waals surface area contributed by atoms with Crippen LogP contribution >= 0.6 is 0 Å². The monoisotopic (exact) mass is 272 g/mol. The Balaban J connectivity index is 2.20. The number of piperidine rings is 1. The molecule has 1 amide bonds. The molecule has 0 unspecified atom stereocenters. The molecule has 0 aromatic heterocycles. The highest BCUT2D eigenvalue weighted by Gasteiger charge is 2.33. The summed E-state index contributed by atoms with van der Waals surface area (Å²) in [7, 11) is 1.33. The van der Waals surface area contributed by atoms with Gasteiger partial charge >= 0.3 is 5.97 Å². The molecule has 1 atom stereocenters. The van der Waals surface area contributed by atoms with Crippen LogP contribution in [0.15, 0.2) is 24.3 Å². The topological polar surface area (TPSA) is 70.4 Å². The van der Waals surface area contributed by atoms with Crippen molar-refractivity contribution in [1.29, 1.82) is 5.26 Å². The first kappa shape index (κ1) is 14.1. The van der Waals surface area contributed by atoms with Crippen molar-refractivity contribution in [3.63, 3.8) is 0 Å². The number of ether oxygens (including phenoxy) is 1. The summed E-state index contributed by atoms with van der Waals surface area (Å²) in [5.74, 6) is -0.559. The Morgan fingerprint density at radius 2 is 2.00 bits per heavy atom. The van der Waals surface area contributed by atoms with Gasteiger partial charge in [-0.25, -0.2) is 4.79 Å². The summed E-state index contributed by atoms with van der Waals surface area (Å²) in [6, 6.07) is 7.94. The summed E-state index contributed by atoms with van der Waals surface area (Å²) < 4.78 is 4.77. The molecule has 0 spiro atoms. The molecule has 0 saturated carbocycles. The van der Waals surface area contributed by atoms with Crippen LogP contribution in [0.2, 0.25) is 0 Å². The quantitative estimate of drug-likeness (QED) is 0.769. The van der Waals surface area contributed by atoms with Crippen molar-refractivity contribution < 1.29 is 14.3 Å². The minimum absolute atomic E-state index is 0.190. The van der Waals surface area contributed by atoms with E-state index in [0.29, 0.717) is 24.1 Å². The molecule has 5 nitrogen and oxygen atoms in total. The van der Waals surface area contributed by atoms with Crippen molar-refractivity contribution >= 4 is 11.9 Å². The highest BCUT2D eigenvalue weighted by molar-refractivity contribution is 5.97. The second-order valence-electron chi connectivity index (χ2n) is 4.72. The fraction of sp³-hybridized carbons (Fsp3) is 0.400. The summed E-state index contributed by atoms with van der Waals surface area (Å²) >= 11 is 0. The molecule has 1 saturated heterocycles. The Bertz CT molecular complexity index is 545. The maximum Gasteiger partial charge on any atom is 0.328 e. The zero-order valence-electron chi connectivity index (χ0n) is 11.3. The molecule has 5 heteroatoms. The van der Waals surface area contributed by atoms with Gasteiger partial charge in [0.15, 0.2) is 0 Å². The first-order valence-electron chi connectivity index (χ1n) is 6.56. The zero-order valence-corrected chi connectivity index (χ0v) is 11.3. The van der Waals surface area contributed by atoms with E-state index in [1.165, 1.54) is 7.11 Å². The first-order chi connectivity index (χ1) is 9.67. The van der Waals surface area contributed by atoms with Gasteiger partial charge in [-0.05, 0) is 43.5 Å². The second-order valence-corrected chi connectivity index (χ2v) is 4.72. The third-order valence-electron chi connectivity index (χ3n) is 3.50. The van der Waals surface area contributed by atoms with Crippen molar-refractivity contribution in [2.75, 3.05) is 13.7 Å². The van der Waals surface area contributed by atoms with E-state index < -0.39 is 6.04 Å². The lowest BCUT2D eigenvalue weighted by Gasteiger charge is -2.33. The Hall–Kier alpha value is -2.35. The number of amides is 1. The normalized spacial score (nSPS) is 18.2. The van der Waals surface area contributed by atoms with E-state index in [0.717, 1.165) is 12.8 Å². The van der Waals surface area contributed by atoms with Crippen LogP contribution in [0.5, 0.6) is 0 Å². The van der Waals surface area contributed by atoms with Crippen LogP contribution in [0.3, 0.4) is 0 Å². The number of nitriles is 1. The van der Waals surface area contributed by atoms with E-state index in [4.69, 9.17) is 10.00 Å². The molecule has 1 aromatic carbocycles. The lowest BCUT2D eigenvalue weighted by molar-refractivity contribution is -0.147. The molecular weight excluding hydrogens is 256 g/mol. The molecule has 1 aliphatic heterocycles. The smallest absolute Gasteiger partial charge is 0.328 e. The Morgan fingerprint density at radius 1 is 1.30 bits per heavy atom. The van der Waals surface area contributed by atoms with Crippen LogP contribution in [-0.2, 0) is 9.53 Å². The number of benzene rings is 1. The molecule has 1 fully saturated rings. The summed E-state index contributed by atoms with van der Waals surface area (Å²) in [5, 5.41) is 8.76. The zero-order chi connectivity index (χ0) is 14.5. The Kier molecular flexibility index (Phi) is 4.36. The molecule has 0 radical (unpaired) electrons. The number of nitrogens with zero attached hydrogens (tertiary/aromatic N) is 2. The predicted molar refractivity (Wildman–Crippen MR) is 71.8 cm³/mol. The van der Waals surface area contributed by atoms with E-state index >= 15 is 0 Å². The fourth-order valence-corrected chi connectivity index (χ4v) is 2.41. The lowest BCUT2D eigenvalue weighted by atomic mass is 10.0. The van der Waals surface area contributed by atoms with E-state index in [-0.39, 0.29) is 11.9 Å². The number of rotatable bonds is 2. The van der Waals surface area contributed by atoms with Crippen molar-refractivity contribution in [3.8, 4) is 6.07 Å². The van der Waals surface area contributed by atoms with Gasteiger partial charge in [0.25, 0.3) is 5.91 Å². The number of methoxy groups -OCH3 is 1. The van der Waals surface area contributed by atoms with Gasteiger partial charge in [0.2, 0.25) is 0 Å². The maximum absolute atomic E-state index is 12.5. The minimum atomic E-state index is -0.503. The molecule has 1 aromatic rings. The van der Waals surface area contributed by atoms with E-state index in [2.05, 4.69) is 0 Å². The van der Waals surface area contributed by atoms with Crippen molar-refractivity contribution in [2.45, 2.75) is 25.3 Å². The molecule has 20 heavy (non-hydrogen) atoms. The summed E-state index contributed by atoms with van der Waals surface area (Å²) in [5.41, 5.74) is 0.990. The van der Waals surface area contributed by atoms with Gasteiger partial charge in [0.1, 0.15) is 6.04 Å². The summed E-state index contributed by atoms with van der Waals surface area (Å²) in [4.78, 5) is 25.8. The minimum Gasteiger partial charge on any atom is -0.467 e. The first-order valence-corrected chi connectivity index (χ1v) is 6.56. The third-order valence-corrected chi connectivity index (χ3v) is 3.50. The molecule has 1 aliphatic rings. The molecule has 2 rings (SSSR count). The molecule has 0 N–H and O–H groups in total. The van der Waals surface area contributed by atoms with Crippen LogP contribution in [-0.4, -0.2) is 36.5 Å². The number of carbonyl (C=O) groups excluding carboxylic acids is 2. The molecule has 0 aliphatic carbocycles. The average molecular weight is 272 g/mol. The number of hydrogen-bond acceptors (Lipinski definition) is 4. The average Bonchev–Trinajstić information content (AvgIpc) is 2.53. The van der Waals surface area contributed by atoms with Crippen molar-refractivity contribution in [2.24, 2.45) is 0 Å². The van der Waals surface area contributed by atoms with Crippen LogP contribution in [0, 0.1) is 11.3 Å². The lowest BCUT2D eigenvalue weighted by Crippen LogP contribution is -2.48. The summed E-state index contributed by atoms with van der Waals surface area (Å²) in [6.45, 7) is 0.554. The highest BCUT2D eigenvalue weighted by atomic mass is 16.5. The van der Waals surface area contributed by atoms with Crippen molar-refractivity contribution in [3.05, 3.63) is 35.4 Å². The van der Waals surface area contributed by atoms with Gasteiger partial charge in [0, 0.05) is 12.1 Å². The Labute approximate surface area is 117 Å². The van der Waals surface area contributed by atoms with Crippen LogP contribution < -0.4 is 0 Å². The number of likely N-dealkylation sites (tertiary alicyclic amines) is 1. The van der Waals surface area contributed by atoms with E-state index in [9.17, 15) is 9.59 Å². The highest BCUT2D eigenvalue weighted by Crippen LogP contribution is 2.20. The fourth-order valence-electron chi connectivity index (χ4n) is 2.41. The number of carbonyl (C=O) groups is 2. The van der Waals surface area contributed by atoms with Crippen LogP contribution in [0.25, 0.3) is 0 Å². The van der Waals surface area contributed by atoms with Gasteiger partial charge in [-0.1, -0.05) is 0 Å². The van der Waals surface area contributed by atoms with E-state index in [1.807, 2.05) is 6.07 Å². The van der Waals surface area contributed by atoms with Crippen LogP contribution in [0.4, 0.5) is 0 Å². The van der Waals surface area contributed by atoms with E-state index in [1.54, 1.807) is 29.2 Å². The molecule has 0 bridgehead atoms. The Morgan fingerprint density at radius 3 is 2.60 bits per heavy atom. The van der Waals surface area contributed by atoms with Gasteiger partial charge in [-0.2, -0.15) is 5.26 Å². The number of hydrogen-bond donors (Lipinski definition) is 0. The predicted octanol–water partition coefficient (Wildman–Crippen LogP) is 1.73.